The number of benzene rings is 2. The molecule has 2 aromatic carbocycles. The summed E-state index contributed by atoms with van der Waals surface area (Å²) >= 11 is 0. The number of nitrogens with zero attached hydrogens (tertiary/aromatic N) is 3. The number of hydrogen-bond donors (Lipinski definition) is 0. The number of halogens is 1. The molecule has 2 aromatic rings. The lowest BCUT2D eigenvalue weighted by Crippen LogP contribution is -2.49. The van der Waals surface area contributed by atoms with Crippen LogP contribution in [0.1, 0.15) is 40.9 Å². The molecule has 5 nitrogen and oxygen atoms in total. The van der Waals surface area contributed by atoms with Crippen LogP contribution in [0, 0.1) is 5.82 Å². The summed E-state index contributed by atoms with van der Waals surface area (Å²) in [6.07, 6.45) is 0.206. The van der Waals surface area contributed by atoms with E-state index in [1.54, 1.807) is 17.0 Å². The summed E-state index contributed by atoms with van der Waals surface area (Å²) in [5.41, 5.74) is 2.44. The molecule has 0 bridgehead atoms. The van der Waals surface area contributed by atoms with Crippen LogP contribution < -0.4 is 0 Å². The Morgan fingerprint density at radius 3 is 2.38 bits per heavy atom. The average Bonchev–Trinajstić information content (AvgIpc) is 3.09. The van der Waals surface area contributed by atoms with E-state index in [-0.39, 0.29) is 24.1 Å². The number of rotatable bonds is 5. The van der Waals surface area contributed by atoms with E-state index in [4.69, 9.17) is 0 Å². The summed E-state index contributed by atoms with van der Waals surface area (Å²) in [6, 6.07) is 13.3. The third kappa shape index (κ3) is 4.03. The summed E-state index contributed by atoms with van der Waals surface area (Å²) in [5.74, 6) is -0.358. The first-order valence-electron chi connectivity index (χ1n) is 10.2. The molecule has 0 radical (unpaired) electrons. The molecule has 6 heteroatoms. The van der Waals surface area contributed by atoms with Crippen molar-refractivity contribution in [3.8, 4) is 0 Å². The number of likely N-dealkylation sites (N-methyl/N-ethyl adjacent to an activating group) is 1. The number of carbonyl (C=O) groups excluding carboxylic acids is 2. The molecule has 0 aromatic heterocycles. The predicted octanol–water partition coefficient (Wildman–Crippen LogP) is 3.08. The van der Waals surface area contributed by atoms with Gasteiger partial charge in [0.25, 0.3) is 5.91 Å². The minimum absolute atomic E-state index is 0.0406. The molecule has 2 heterocycles. The normalized spacial score (nSPS) is 18.1. The molecule has 0 aliphatic carbocycles. The summed E-state index contributed by atoms with van der Waals surface area (Å²) in [7, 11) is 0. The fourth-order valence-electron chi connectivity index (χ4n) is 4.23. The SMILES string of the molecule is CCN1CCN(C(=O)C[C@H](c2ccc(F)cc2)N2Cc3ccccc3C2=O)CC1. The number of carbonyl (C=O) groups is 2. The highest BCUT2D eigenvalue weighted by atomic mass is 19.1. The first kappa shape index (κ1) is 19.6. The molecule has 0 saturated carbocycles. The van der Waals surface area contributed by atoms with E-state index in [1.807, 2.05) is 29.2 Å². The lowest BCUT2D eigenvalue weighted by molar-refractivity contribution is -0.134. The fourth-order valence-corrected chi connectivity index (χ4v) is 4.23. The lowest BCUT2D eigenvalue weighted by Gasteiger charge is -2.36. The maximum Gasteiger partial charge on any atom is 0.255 e. The second-order valence-electron chi connectivity index (χ2n) is 7.68. The number of amides is 2. The van der Waals surface area contributed by atoms with Crippen LogP contribution in [-0.4, -0.2) is 59.2 Å². The molecule has 0 spiro atoms. The molecule has 0 N–H and O–H groups in total. The van der Waals surface area contributed by atoms with E-state index >= 15 is 0 Å². The highest BCUT2D eigenvalue weighted by molar-refractivity contribution is 5.98. The predicted molar refractivity (Wildman–Crippen MR) is 109 cm³/mol. The van der Waals surface area contributed by atoms with Gasteiger partial charge in [-0.1, -0.05) is 37.3 Å². The minimum Gasteiger partial charge on any atom is -0.340 e. The van der Waals surface area contributed by atoms with Gasteiger partial charge in [-0.25, -0.2) is 4.39 Å². The van der Waals surface area contributed by atoms with Gasteiger partial charge in [-0.15, -0.1) is 0 Å². The van der Waals surface area contributed by atoms with Crippen molar-refractivity contribution in [2.24, 2.45) is 0 Å². The number of piperazine rings is 1. The molecule has 152 valence electrons. The van der Waals surface area contributed by atoms with E-state index in [0.717, 1.165) is 30.8 Å². The second kappa shape index (κ2) is 8.33. The largest absolute Gasteiger partial charge is 0.340 e. The molecular formula is C23H26FN3O2. The quantitative estimate of drug-likeness (QED) is 0.782. The number of fused-ring (bicyclic) bond motifs is 1. The van der Waals surface area contributed by atoms with Crippen molar-refractivity contribution in [2.45, 2.75) is 25.9 Å². The topological polar surface area (TPSA) is 43.9 Å². The monoisotopic (exact) mass is 395 g/mol. The smallest absolute Gasteiger partial charge is 0.255 e. The van der Waals surface area contributed by atoms with Gasteiger partial charge >= 0.3 is 0 Å². The Morgan fingerprint density at radius 1 is 1.03 bits per heavy atom. The Morgan fingerprint density at radius 2 is 1.72 bits per heavy atom. The highest BCUT2D eigenvalue weighted by Crippen LogP contribution is 2.34. The van der Waals surface area contributed by atoms with E-state index in [9.17, 15) is 14.0 Å². The molecule has 1 fully saturated rings. The van der Waals surface area contributed by atoms with Gasteiger partial charge in [-0.3, -0.25) is 9.59 Å². The molecule has 2 aliphatic rings. The first-order chi connectivity index (χ1) is 14.1. The average molecular weight is 395 g/mol. The Bertz CT molecular complexity index is 891. The molecular weight excluding hydrogens is 369 g/mol. The van der Waals surface area contributed by atoms with Crippen molar-refractivity contribution in [1.82, 2.24) is 14.7 Å². The Hall–Kier alpha value is -2.73. The Labute approximate surface area is 170 Å². The van der Waals surface area contributed by atoms with E-state index in [2.05, 4.69) is 11.8 Å². The summed E-state index contributed by atoms with van der Waals surface area (Å²) in [5, 5.41) is 0. The van der Waals surface area contributed by atoms with Crippen LogP contribution in [0.2, 0.25) is 0 Å². The zero-order chi connectivity index (χ0) is 20.4. The van der Waals surface area contributed by atoms with Gasteiger partial charge in [0.1, 0.15) is 5.82 Å². The summed E-state index contributed by atoms with van der Waals surface area (Å²) in [6.45, 7) is 6.73. The van der Waals surface area contributed by atoms with Gasteiger partial charge in [0, 0.05) is 38.3 Å². The van der Waals surface area contributed by atoms with Gasteiger partial charge in [0.05, 0.1) is 12.5 Å². The maximum absolute atomic E-state index is 13.5. The van der Waals surface area contributed by atoms with Crippen LogP contribution in [0.3, 0.4) is 0 Å². The van der Waals surface area contributed by atoms with Gasteiger partial charge < -0.3 is 14.7 Å². The zero-order valence-electron chi connectivity index (χ0n) is 16.7. The van der Waals surface area contributed by atoms with E-state index < -0.39 is 6.04 Å². The Balaban J connectivity index is 1.56. The van der Waals surface area contributed by atoms with Crippen molar-refractivity contribution >= 4 is 11.8 Å². The third-order valence-corrected chi connectivity index (χ3v) is 6.02. The van der Waals surface area contributed by atoms with Crippen LogP contribution in [-0.2, 0) is 11.3 Å². The molecule has 2 aliphatic heterocycles. The van der Waals surface area contributed by atoms with Crippen LogP contribution in [0.4, 0.5) is 4.39 Å². The summed E-state index contributed by atoms with van der Waals surface area (Å²) < 4.78 is 13.5. The molecule has 0 unspecified atom stereocenters. The van der Waals surface area contributed by atoms with Gasteiger partial charge in [-0.05, 0) is 35.9 Å². The van der Waals surface area contributed by atoms with Gasteiger partial charge in [-0.2, -0.15) is 0 Å². The van der Waals surface area contributed by atoms with Gasteiger partial charge in [0.15, 0.2) is 0 Å². The van der Waals surface area contributed by atoms with Crippen LogP contribution in [0.15, 0.2) is 48.5 Å². The molecule has 2 amide bonds. The molecule has 4 rings (SSSR count). The highest BCUT2D eigenvalue weighted by Gasteiger charge is 2.35. The van der Waals surface area contributed by atoms with Crippen LogP contribution >= 0.6 is 0 Å². The zero-order valence-corrected chi connectivity index (χ0v) is 16.7. The van der Waals surface area contributed by atoms with Crippen LogP contribution in [0.5, 0.6) is 0 Å². The maximum atomic E-state index is 13.5. The van der Waals surface area contributed by atoms with Gasteiger partial charge in [0.2, 0.25) is 5.91 Å². The van der Waals surface area contributed by atoms with E-state index in [1.165, 1.54) is 12.1 Å². The molecule has 1 atom stereocenters. The van der Waals surface area contributed by atoms with Crippen molar-refractivity contribution in [3.05, 3.63) is 71.0 Å². The fraction of sp³-hybridized carbons (Fsp3) is 0.391. The van der Waals surface area contributed by atoms with E-state index in [0.29, 0.717) is 25.2 Å². The van der Waals surface area contributed by atoms with Crippen molar-refractivity contribution in [1.29, 1.82) is 0 Å². The minimum atomic E-state index is -0.410. The third-order valence-electron chi connectivity index (χ3n) is 6.02. The Kier molecular flexibility index (Phi) is 5.62. The first-order valence-corrected chi connectivity index (χ1v) is 10.2. The standard InChI is InChI=1S/C23H26FN3O2/c1-2-25-11-13-26(14-12-25)22(28)15-21(17-7-9-19(24)10-8-17)27-16-18-5-3-4-6-20(18)23(27)29/h3-10,21H,2,11-16H2,1H3/t21-/m1/s1. The van der Waals surface area contributed by atoms with Crippen molar-refractivity contribution in [2.75, 3.05) is 32.7 Å². The number of hydrogen-bond acceptors (Lipinski definition) is 3. The van der Waals surface area contributed by atoms with Crippen molar-refractivity contribution < 1.29 is 14.0 Å². The van der Waals surface area contributed by atoms with Crippen LogP contribution in [0.25, 0.3) is 0 Å². The lowest BCUT2D eigenvalue weighted by atomic mass is 10.0. The second-order valence-corrected chi connectivity index (χ2v) is 7.68. The molecule has 29 heavy (non-hydrogen) atoms. The molecule has 1 saturated heterocycles. The van der Waals surface area contributed by atoms with Crippen molar-refractivity contribution in [3.63, 3.8) is 0 Å². The summed E-state index contributed by atoms with van der Waals surface area (Å²) in [4.78, 5) is 32.1.